The number of hydrogen-bond acceptors (Lipinski definition) is 1. The zero-order valence-corrected chi connectivity index (χ0v) is 11.7. The molecule has 3 nitrogen and oxygen atoms in total. The van der Waals surface area contributed by atoms with Gasteiger partial charge in [0.1, 0.15) is 5.82 Å². The number of H-pyrrole nitrogens is 1. The van der Waals surface area contributed by atoms with Crippen LogP contribution in [0, 0.1) is 6.92 Å². The molecule has 0 saturated heterocycles. The van der Waals surface area contributed by atoms with E-state index in [9.17, 15) is 0 Å². The van der Waals surface area contributed by atoms with Gasteiger partial charge in [-0.1, -0.05) is 24.3 Å². The van der Waals surface area contributed by atoms with Crippen LogP contribution in [0.5, 0.6) is 0 Å². The number of hydrogen-bond donors (Lipinski definition) is 1. The first-order valence-corrected chi connectivity index (χ1v) is 7.00. The minimum Gasteiger partial charge on any atom is -0.338 e. The second-order valence-electron chi connectivity index (χ2n) is 5.20. The number of aryl methyl sites for hydroxylation is 1. The minimum atomic E-state index is 0.910. The molecule has 1 N–H and O–H groups in total. The number of para-hydroxylation sites is 1. The molecule has 0 spiro atoms. The third-order valence-corrected chi connectivity index (χ3v) is 3.74. The van der Waals surface area contributed by atoms with Crippen molar-refractivity contribution in [2.45, 2.75) is 6.92 Å². The van der Waals surface area contributed by atoms with Crippen molar-refractivity contribution in [3.05, 3.63) is 72.6 Å². The summed E-state index contributed by atoms with van der Waals surface area (Å²) in [5.74, 6) is 0.910. The van der Waals surface area contributed by atoms with Crippen molar-refractivity contribution in [1.29, 1.82) is 0 Å². The highest BCUT2D eigenvalue weighted by molar-refractivity contribution is 5.82. The van der Waals surface area contributed by atoms with Gasteiger partial charge in [0, 0.05) is 23.6 Å². The van der Waals surface area contributed by atoms with E-state index >= 15 is 0 Å². The van der Waals surface area contributed by atoms with Crippen LogP contribution in [0.2, 0.25) is 0 Å². The molecular weight excluding hydrogens is 258 g/mol. The van der Waals surface area contributed by atoms with Crippen molar-refractivity contribution < 1.29 is 0 Å². The quantitative estimate of drug-likeness (QED) is 0.579. The van der Waals surface area contributed by atoms with Crippen molar-refractivity contribution in [1.82, 2.24) is 14.5 Å². The van der Waals surface area contributed by atoms with Gasteiger partial charge >= 0.3 is 0 Å². The summed E-state index contributed by atoms with van der Waals surface area (Å²) < 4.78 is 2.09. The van der Waals surface area contributed by atoms with Crippen molar-refractivity contribution >= 4 is 11.0 Å². The number of nitrogens with zero attached hydrogens (tertiary/aromatic N) is 2. The van der Waals surface area contributed by atoms with Crippen LogP contribution in [0.15, 0.2) is 67.0 Å². The molecule has 0 saturated carbocycles. The molecule has 0 fully saturated rings. The number of aromatic amines is 1. The Kier molecular flexibility index (Phi) is 2.64. The van der Waals surface area contributed by atoms with Gasteiger partial charge < -0.3 is 9.55 Å². The second-order valence-corrected chi connectivity index (χ2v) is 5.20. The van der Waals surface area contributed by atoms with E-state index in [-0.39, 0.29) is 0 Å². The van der Waals surface area contributed by atoms with Gasteiger partial charge in [-0.25, -0.2) is 4.98 Å². The van der Waals surface area contributed by atoms with Crippen LogP contribution >= 0.6 is 0 Å². The van der Waals surface area contributed by atoms with Crippen LogP contribution in [0.3, 0.4) is 0 Å². The topological polar surface area (TPSA) is 33.6 Å². The Morgan fingerprint density at radius 1 is 0.952 bits per heavy atom. The third-order valence-electron chi connectivity index (χ3n) is 3.74. The highest BCUT2D eigenvalue weighted by Gasteiger charge is 2.07. The molecule has 2 aromatic heterocycles. The van der Waals surface area contributed by atoms with Gasteiger partial charge in [0.25, 0.3) is 0 Å². The molecule has 4 rings (SSSR count). The van der Waals surface area contributed by atoms with E-state index in [2.05, 4.69) is 58.9 Å². The normalized spacial score (nSPS) is 11.1. The fraction of sp³-hybridized carbons (Fsp3) is 0.0556. The lowest BCUT2D eigenvalue weighted by atomic mass is 10.2. The number of imidazole rings is 1. The number of benzene rings is 2. The average Bonchev–Trinajstić information content (AvgIpc) is 3.18. The molecule has 2 heterocycles. The Hall–Kier alpha value is -2.81. The molecule has 0 amide bonds. The van der Waals surface area contributed by atoms with E-state index in [1.54, 1.807) is 0 Å². The zero-order valence-electron chi connectivity index (χ0n) is 11.7. The van der Waals surface area contributed by atoms with Gasteiger partial charge in [0.2, 0.25) is 0 Å². The van der Waals surface area contributed by atoms with Crippen LogP contribution in [0.25, 0.3) is 28.1 Å². The number of rotatable bonds is 2. The molecule has 0 atom stereocenters. The van der Waals surface area contributed by atoms with Crippen LogP contribution in [-0.2, 0) is 0 Å². The maximum atomic E-state index is 4.74. The van der Waals surface area contributed by atoms with Crippen LogP contribution in [-0.4, -0.2) is 14.5 Å². The van der Waals surface area contributed by atoms with E-state index in [0.717, 1.165) is 28.1 Å². The van der Waals surface area contributed by atoms with Crippen LogP contribution in [0.4, 0.5) is 0 Å². The van der Waals surface area contributed by atoms with Gasteiger partial charge in [-0.3, -0.25) is 0 Å². The standard InChI is InChI=1S/C18H15N3/c1-13-6-4-9-16-17(13)20-18(19-16)14-7-5-8-15(12-14)21-10-2-3-11-21/h2-12H,1H3,(H,19,20). The summed E-state index contributed by atoms with van der Waals surface area (Å²) in [5, 5.41) is 0. The highest BCUT2D eigenvalue weighted by atomic mass is 14.9. The summed E-state index contributed by atoms with van der Waals surface area (Å²) in [6.45, 7) is 2.09. The van der Waals surface area contributed by atoms with Crippen molar-refractivity contribution in [2.75, 3.05) is 0 Å². The van der Waals surface area contributed by atoms with Crippen LogP contribution in [0.1, 0.15) is 5.56 Å². The van der Waals surface area contributed by atoms with Crippen molar-refractivity contribution in [3.8, 4) is 17.1 Å². The van der Waals surface area contributed by atoms with E-state index < -0.39 is 0 Å². The molecule has 102 valence electrons. The fourth-order valence-corrected chi connectivity index (χ4v) is 2.63. The first-order chi connectivity index (χ1) is 10.3. The molecule has 3 heteroatoms. The largest absolute Gasteiger partial charge is 0.338 e. The minimum absolute atomic E-state index is 0.910. The Bertz CT molecular complexity index is 901. The number of aromatic nitrogens is 3. The molecule has 4 aromatic rings. The average molecular weight is 273 g/mol. The lowest BCUT2D eigenvalue weighted by Gasteiger charge is -2.04. The summed E-state index contributed by atoms with van der Waals surface area (Å²) in [7, 11) is 0. The molecular formula is C18H15N3. The molecule has 0 radical (unpaired) electrons. The molecule has 0 unspecified atom stereocenters. The van der Waals surface area contributed by atoms with E-state index in [0.29, 0.717) is 0 Å². The van der Waals surface area contributed by atoms with Gasteiger partial charge in [-0.05, 0) is 42.8 Å². The Morgan fingerprint density at radius 3 is 2.57 bits per heavy atom. The maximum absolute atomic E-state index is 4.74. The predicted octanol–water partition coefficient (Wildman–Crippen LogP) is 4.33. The number of nitrogens with one attached hydrogen (secondary N) is 1. The molecule has 2 aromatic carbocycles. The SMILES string of the molecule is Cc1cccc2[nH]c(-c3cccc(-n4cccc4)c3)nc12. The van der Waals surface area contributed by atoms with E-state index in [4.69, 9.17) is 4.98 Å². The van der Waals surface area contributed by atoms with Gasteiger partial charge in [-0.15, -0.1) is 0 Å². The Balaban J connectivity index is 1.85. The summed E-state index contributed by atoms with van der Waals surface area (Å²) in [5.41, 5.74) is 5.54. The summed E-state index contributed by atoms with van der Waals surface area (Å²) in [4.78, 5) is 8.14. The summed E-state index contributed by atoms with van der Waals surface area (Å²) in [6.07, 6.45) is 4.09. The van der Waals surface area contributed by atoms with Gasteiger partial charge in [0.05, 0.1) is 11.0 Å². The van der Waals surface area contributed by atoms with Crippen molar-refractivity contribution in [2.24, 2.45) is 0 Å². The smallest absolute Gasteiger partial charge is 0.138 e. The molecule has 21 heavy (non-hydrogen) atoms. The maximum Gasteiger partial charge on any atom is 0.138 e. The predicted molar refractivity (Wildman–Crippen MR) is 85.6 cm³/mol. The fourth-order valence-electron chi connectivity index (χ4n) is 2.63. The molecule has 0 aliphatic heterocycles. The lowest BCUT2D eigenvalue weighted by Crippen LogP contribution is -1.90. The molecule has 0 bridgehead atoms. The molecule has 0 aliphatic carbocycles. The van der Waals surface area contributed by atoms with Crippen molar-refractivity contribution in [3.63, 3.8) is 0 Å². The van der Waals surface area contributed by atoms with Gasteiger partial charge in [0.15, 0.2) is 0 Å². The van der Waals surface area contributed by atoms with Crippen LogP contribution < -0.4 is 0 Å². The number of fused-ring (bicyclic) bond motifs is 1. The summed E-state index contributed by atoms with van der Waals surface area (Å²) >= 11 is 0. The Labute approximate surface area is 122 Å². The monoisotopic (exact) mass is 273 g/mol. The third kappa shape index (κ3) is 2.03. The summed E-state index contributed by atoms with van der Waals surface area (Å²) in [6, 6.07) is 18.6. The zero-order chi connectivity index (χ0) is 14.2. The van der Waals surface area contributed by atoms with Gasteiger partial charge in [-0.2, -0.15) is 0 Å². The first kappa shape index (κ1) is 12.0. The highest BCUT2D eigenvalue weighted by Crippen LogP contribution is 2.24. The second kappa shape index (κ2) is 4.63. The Morgan fingerprint density at radius 2 is 1.76 bits per heavy atom. The van der Waals surface area contributed by atoms with E-state index in [1.807, 2.05) is 24.5 Å². The lowest BCUT2D eigenvalue weighted by molar-refractivity contribution is 1.08. The van der Waals surface area contributed by atoms with E-state index in [1.165, 1.54) is 5.56 Å². The molecule has 0 aliphatic rings. The first-order valence-electron chi connectivity index (χ1n) is 7.00.